The third-order valence-electron chi connectivity index (χ3n) is 2.61. The minimum absolute atomic E-state index is 0.0261. The molecule has 0 saturated carbocycles. The molecule has 112 valence electrons. The maximum absolute atomic E-state index is 13.0. The van der Waals surface area contributed by atoms with Crippen molar-refractivity contribution < 1.29 is 13.5 Å². The van der Waals surface area contributed by atoms with Gasteiger partial charge in [-0.1, -0.05) is 13.8 Å². The summed E-state index contributed by atoms with van der Waals surface area (Å²) in [5, 5.41) is 3.27. The molecule has 1 heterocycles. The number of rotatable bonds is 6. The van der Waals surface area contributed by atoms with Gasteiger partial charge in [0.15, 0.2) is 0 Å². The molecule has 1 aromatic carbocycles. The van der Waals surface area contributed by atoms with Crippen molar-refractivity contribution in [2.24, 2.45) is 5.92 Å². The molecule has 0 aliphatic carbocycles. The van der Waals surface area contributed by atoms with Crippen LogP contribution in [0.5, 0.6) is 11.8 Å². The zero-order valence-corrected chi connectivity index (χ0v) is 11.9. The van der Waals surface area contributed by atoms with E-state index in [0.717, 1.165) is 30.3 Å². The Morgan fingerprint density at radius 2 is 1.71 bits per heavy atom. The van der Waals surface area contributed by atoms with E-state index in [9.17, 15) is 8.78 Å². The highest BCUT2D eigenvalue weighted by Gasteiger charge is 2.05. The highest BCUT2D eigenvalue weighted by atomic mass is 19.1. The van der Waals surface area contributed by atoms with Gasteiger partial charge in [-0.15, -0.1) is 0 Å². The zero-order valence-electron chi connectivity index (χ0n) is 11.9. The summed E-state index contributed by atoms with van der Waals surface area (Å²) in [6.07, 6.45) is 3.23. The van der Waals surface area contributed by atoms with Crippen LogP contribution in [0, 0.1) is 17.6 Å². The van der Waals surface area contributed by atoms with E-state index in [2.05, 4.69) is 29.1 Å². The van der Waals surface area contributed by atoms with Gasteiger partial charge >= 0.3 is 6.01 Å². The van der Waals surface area contributed by atoms with Crippen LogP contribution in [-0.2, 0) is 6.54 Å². The molecule has 0 atom stereocenters. The van der Waals surface area contributed by atoms with Crippen LogP contribution >= 0.6 is 0 Å². The monoisotopic (exact) mass is 293 g/mol. The molecule has 1 N–H and O–H groups in total. The van der Waals surface area contributed by atoms with Gasteiger partial charge in [-0.05, 0) is 12.5 Å². The maximum atomic E-state index is 13.0. The molecule has 0 aliphatic rings. The predicted molar refractivity (Wildman–Crippen MR) is 75.0 cm³/mol. The van der Waals surface area contributed by atoms with E-state index in [1.54, 1.807) is 12.4 Å². The van der Waals surface area contributed by atoms with Gasteiger partial charge in [0, 0.05) is 42.7 Å². The lowest BCUT2D eigenvalue weighted by Gasteiger charge is -2.08. The van der Waals surface area contributed by atoms with E-state index < -0.39 is 11.6 Å². The minimum atomic E-state index is -0.709. The molecule has 0 bridgehead atoms. The second kappa shape index (κ2) is 7.08. The van der Waals surface area contributed by atoms with Gasteiger partial charge in [0.1, 0.15) is 17.4 Å². The highest BCUT2D eigenvalue weighted by molar-refractivity contribution is 5.26. The van der Waals surface area contributed by atoms with Crippen LogP contribution < -0.4 is 10.1 Å². The molecule has 0 fully saturated rings. The fourth-order valence-corrected chi connectivity index (χ4v) is 1.68. The number of hydrogen-bond donors (Lipinski definition) is 1. The minimum Gasteiger partial charge on any atom is -0.424 e. The average Bonchev–Trinajstić information content (AvgIpc) is 2.39. The summed E-state index contributed by atoms with van der Waals surface area (Å²) in [5.74, 6) is -0.825. The van der Waals surface area contributed by atoms with Crippen molar-refractivity contribution >= 4 is 0 Å². The zero-order chi connectivity index (χ0) is 15.2. The lowest BCUT2D eigenvalue weighted by molar-refractivity contribution is 0.431. The quantitative estimate of drug-likeness (QED) is 0.887. The molecule has 4 nitrogen and oxygen atoms in total. The molecule has 1 aromatic heterocycles. The highest BCUT2D eigenvalue weighted by Crippen LogP contribution is 2.20. The van der Waals surface area contributed by atoms with Gasteiger partial charge in [0.05, 0.1) is 0 Å². The van der Waals surface area contributed by atoms with Crippen LogP contribution in [0.3, 0.4) is 0 Å². The average molecular weight is 293 g/mol. The van der Waals surface area contributed by atoms with Crippen molar-refractivity contribution in [1.29, 1.82) is 0 Å². The second-order valence-electron chi connectivity index (χ2n) is 5.11. The van der Waals surface area contributed by atoms with Crippen LogP contribution in [0.4, 0.5) is 8.78 Å². The summed E-state index contributed by atoms with van der Waals surface area (Å²) in [7, 11) is 0. The summed E-state index contributed by atoms with van der Waals surface area (Å²) in [4.78, 5) is 8.03. The van der Waals surface area contributed by atoms with Gasteiger partial charge in [-0.3, -0.25) is 0 Å². The van der Waals surface area contributed by atoms with E-state index in [1.807, 2.05) is 0 Å². The van der Waals surface area contributed by atoms with E-state index in [0.29, 0.717) is 12.5 Å². The lowest BCUT2D eigenvalue weighted by Crippen LogP contribution is -2.19. The van der Waals surface area contributed by atoms with Crippen LogP contribution in [0.25, 0.3) is 0 Å². The molecule has 0 amide bonds. The first-order chi connectivity index (χ1) is 10.0. The molecule has 0 unspecified atom stereocenters. The maximum Gasteiger partial charge on any atom is 0.321 e. The summed E-state index contributed by atoms with van der Waals surface area (Å²) in [6, 6.07) is 2.97. The number of halogens is 2. The largest absolute Gasteiger partial charge is 0.424 e. The number of hydrogen-bond acceptors (Lipinski definition) is 4. The molecule has 0 saturated heterocycles. The molecule has 2 aromatic rings. The first-order valence-electron chi connectivity index (χ1n) is 6.68. The van der Waals surface area contributed by atoms with Crippen LogP contribution in [0.15, 0.2) is 30.6 Å². The van der Waals surface area contributed by atoms with Crippen LogP contribution in [-0.4, -0.2) is 16.5 Å². The topological polar surface area (TPSA) is 47.0 Å². The third-order valence-corrected chi connectivity index (χ3v) is 2.61. The van der Waals surface area contributed by atoms with Crippen molar-refractivity contribution in [2.45, 2.75) is 20.4 Å². The summed E-state index contributed by atoms with van der Waals surface area (Å²) in [6.45, 7) is 5.81. The second-order valence-corrected chi connectivity index (χ2v) is 5.11. The van der Waals surface area contributed by atoms with Crippen molar-refractivity contribution in [1.82, 2.24) is 15.3 Å². The number of nitrogens with one attached hydrogen (secondary N) is 1. The van der Waals surface area contributed by atoms with E-state index in [-0.39, 0.29) is 11.8 Å². The van der Waals surface area contributed by atoms with Crippen molar-refractivity contribution in [3.63, 3.8) is 0 Å². The van der Waals surface area contributed by atoms with Gasteiger partial charge in [0.25, 0.3) is 0 Å². The Morgan fingerprint density at radius 1 is 1.10 bits per heavy atom. The number of benzene rings is 1. The molecule has 21 heavy (non-hydrogen) atoms. The molecular weight excluding hydrogens is 276 g/mol. The summed E-state index contributed by atoms with van der Waals surface area (Å²) < 4.78 is 31.3. The molecule has 0 spiro atoms. The lowest BCUT2D eigenvalue weighted by atomic mass is 10.2. The van der Waals surface area contributed by atoms with Gasteiger partial charge in [-0.2, -0.15) is 0 Å². The Morgan fingerprint density at radius 3 is 2.29 bits per heavy atom. The molecular formula is C15H17F2N3O. The molecule has 0 aliphatic heterocycles. The van der Waals surface area contributed by atoms with Gasteiger partial charge in [0.2, 0.25) is 0 Å². The van der Waals surface area contributed by atoms with Gasteiger partial charge in [-0.25, -0.2) is 18.7 Å². The number of ether oxygens (including phenoxy) is 1. The summed E-state index contributed by atoms with van der Waals surface area (Å²) in [5.41, 5.74) is 0.911. The number of nitrogens with zero attached hydrogens (tertiary/aromatic N) is 2. The first kappa shape index (κ1) is 15.3. The summed E-state index contributed by atoms with van der Waals surface area (Å²) >= 11 is 0. The van der Waals surface area contributed by atoms with E-state index >= 15 is 0 Å². The fraction of sp³-hybridized carbons (Fsp3) is 0.333. The normalized spacial score (nSPS) is 10.9. The van der Waals surface area contributed by atoms with Crippen LogP contribution in [0.1, 0.15) is 19.4 Å². The molecule has 2 rings (SSSR count). The standard InChI is InChI=1S/C15H17F2N3O/c1-10(2)6-18-7-11-8-19-15(20-9-11)21-14-4-12(16)3-13(17)5-14/h3-5,8-10,18H,6-7H2,1-2H3. The predicted octanol–water partition coefficient (Wildman–Crippen LogP) is 3.29. The Bertz CT molecular complexity index is 568. The third kappa shape index (κ3) is 5.07. The fourth-order valence-electron chi connectivity index (χ4n) is 1.68. The van der Waals surface area contributed by atoms with Crippen LogP contribution in [0.2, 0.25) is 0 Å². The number of aromatic nitrogens is 2. The van der Waals surface area contributed by atoms with Crippen molar-refractivity contribution in [3.8, 4) is 11.8 Å². The molecule has 0 radical (unpaired) electrons. The smallest absolute Gasteiger partial charge is 0.321 e. The SMILES string of the molecule is CC(C)CNCc1cnc(Oc2cc(F)cc(F)c2)nc1. The van der Waals surface area contributed by atoms with E-state index in [1.165, 1.54) is 0 Å². The van der Waals surface area contributed by atoms with Crippen molar-refractivity contribution in [2.75, 3.05) is 6.54 Å². The Labute approximate surface area is 122 Å². The Balaban J connectivity index is 1.95. The van der Waals surface area contributed by atoms with Crippen molar-refractivity contribution in [3.05, 3.63) is 47.8 Å². The first-order valence-corrected chi connectivity index (χ1v) is 6.68. The van der Waals surface area contributed by atoms with E-state index in [4.69, 9.17) is 4.74 Å². The Hall–Kier alpha value is -2.08. The Kier molecular flexibility index (Phi) is 5.16. The van der Waals surface area contributed by atoms with Gasteiger partial charge < -0.3 is 10.1 Å². The molecule has 6 heteroatoms.